The number of ether oxygens (including phenoxy) is 1. The second-order valence-electron chi connectivity index (χ2n) is 6.15. The van der Waals surface area contributed by atoms with E-state index in [1.165, 1.54) is 11.3 Å². The van der Waals surface area contributed by atoms with Gasteiger partial charge < -0.3 is 19.9 Å². The van der Waals surface area contributed by atoms with Crippen LogP contribution in [0.15, 0.2) is 42.5 Å². The molecule has 0 aliphatic rings. The molecule has 1 N–H and O–H groups in total. The molecular formula is C19H22N4O2S. The van der Waals surface area contributed by atoms with Crippen molar-refractivity contribution in [3.05, 3.63) is 42.5 Å². The topological polar surface area (TPSA) is 57.7 Å². The van der Waals surface area contributed by atoms with Gasteiger partial charge in [-0.25, -0.2) is 4.98 Å². The molecule has 1 amide bonds. The van der Waals surface area contributed by atoms with Gasteiger partial charge in [0.2, 0.25) is 5.91 Å². The number of aromatic nitrogens is 1. The zero-order valence-electron chi connectivity index (χ0n) is 15.3. The number of carbonyl (C=O) groups excluding carboxylic acids is 1. The summed E-state index contributed by atoms with van der Waals surface area (Å²) in [5.74, 6) is 0.653. The molecule has 0 atom stereocenters. The van der Waals surface area contributed by atoms with E-state index in [4.69, 9.17) is 4.74 Å². The van der Waals surface area contributed by atoms with Gasteiger partial charge in [0.05, 0.1) is 18.4 Å². The maximum absolute atomic E-state index is 12.3. The van der Waals surface area contributed by atoms with Crippen molar-refractivity contribution < 1.29 is 9.53 Å². The van der Waals surface area contributed by atoms with E-state index in [2.05, 4.69) is 10.3 Å². The molecule has 1 aromatic heterocycles. The van der Waals surface area contributed by atoms with Crippen LogP contribution in [0.25, 0.3) is 10.2 Å². The van der Waals surface area contributed by atoms with Crippen molar-refractivity contribution in [1.82, 2.24) is 4.98 Å². The maximum Gasteiger partial charge on any atom is 0.243 e. The molecule has 0 aliphatic carbocycles. The molecule has 6 nitrogen and oxygen atoms in total. The maximum atomic E-state index is 12.3. The van der Waals surface area contributed by atoms with Gasteiger partial charge in [0.1, 0.15) is 11.3 Å². The van der Waals surface area contributed by atoms with E-state index in [-0.39, 0.29) is 12.5 Å². The van der Waals surface area contributed by atoms with Crippen molar-refractivity contribution in [3.63, 3.8) is 0 Å². The minimum atomic E-state index is -0.0867. The van der Waals surface area contributed by atoms with E-state index < -0.39 is 0 Å². The normalized spacial score (nSPS) is 10.6. The number of hydrogen-bond donors (Lipinski definition) is 1. The number of amides is 1. The molecule has 2 aromatic carbocycles. The number of fused-ring (bicyclic) bond motifs is 1. The molecule has 136 valence electrons. The molecule has 0 bridgehead atoms. The van der Waals surface area contributed by atoms with Crippen LogP contribution in [0.3, 0.4) is 0 Å². The molecule has 3 rings (SSSR count). The van der Waals surface area contributed by atoms with Crippen molar-refractivity contribution in [2.75, 3.05) is 49.9 Å². The fraction of sp³-hybridized carbons (Fsp3) is 0.263. The number of nitrogens with one attached hydrogen (secondary N) is 1. The first-order chi connectivity index (χ1) is 12.5. The van der Waals surface area contributed by atoms with Crippen LogP contribution in [-0.2, 0) is 4.79 Å². The molecule has 0 fully saturated rings. The Morgan fingerprint density at radius 1 is 1.15 bits per heavy atom. The molecule has 26 heavy (non-hydrogen) atoms. The number of benzene rings is 2. The van der Waals surface area contributed by atoms with Crippen LogP contribution < -0.4 is 19.9 Å². The van der Waals surface area contributed by atoms with E-state index in [1.807, 2.05) is 73.4 Å². The zero-order valence-corrected chi connectivity index (χ0v) is 16.1. The first kappa shape index (κ1) is 18.0. The highest BCUT2D eigenvalue weighted by Crippen LogP contribution is 2.33. The number of hydrogen-bond acceptors (Lipinski definition) is 6. The fourth-order valence-corrected chi connectivity index (χ4v) is 3.51. The zero-order chi connectivity index (χ0) is 18.7. The molecule has 3 aromatic rings. The van der Waals surface area contributed by atoms with Crippen LogP contribution in [0.4, 0.5) is 16.5 Å². The Balaban J connectivity index is 1.67. The van der Waals surface area contributed by atoms with E-state index in [9.17, 15) is 4.79 Å². The minimum absolute atomic E-state index is 0.0867. The number of nitrogens with zero attached hydrogens (tertiary/aromatic N) is 3. The van der Waals surface area contributed by atoms with Gasteiger partial charge in [-0.2, -0.15) is 0 Å². The minimum Gasteiger partial charge on any atom is -0.494 e. The lowest BCUT2D eigenvalue weighted by atomic mass is 10.2. The van der Waals surface area contributed by atoms with Crippen LogP contribution >= 0.6 is 11.3 Å². The van der Waals surface area contributed by atoms with Gasteiger partial charge in [-0.3, -0.25) is 4.79 Å². The summed E-state index contributed by atoms with van der Waals surface area (Å²) in [7, 11) is 7.45. The van der Waals surface area contributed by atoms with E-state index in [1.54, 1.807) is 7.11 Å². The third-order valence-corrected chi connectivity index (χ3v) is 5.10. The molecule has 0 saturated heterocycles. The third kappa shape index (κ3) is 3.88. The molecule has 0 unspecified atom stereocenters. The summed E-state index contributed by atoms with van der Waals surface area (Å²) >= 11 is 1.54. The van der Waals surface area contributed by atoms with Gasteiger partial charge in [0.25, 0.3) is 0 Å². The first-order valence-corrected chi connectivity index (χ1v) is 9.01. The number of likely N-dealkylation sites (N-methyl/N-ethyl adjacent to an activating group) is 1. The molecular weight excluding hydrogens is 348 g/mol. The van der Waals surface area contributed by atoms with Crippen LogP contribution in [0.1, 0.15) is 0 Å². The highest BCUT2D eigenvalue weighted by molar-refractivity contribution is 7.22. The van der Waals surface area contributed by atoms with Crippen molar-refractivity contribution >= 4 is 44.0 Å². The third-order valence-electron chi connectivity index (χ3n) is 3.97. The number of methoxy groups -OCH3 is 1. The lowest BCUT2D eigenvalue weighted by molar-refractivity contribution is -0.114. The monoisotopic (exact) mass is 370 g/mol. The van der Waals surface area contributed by atoms with E-state index in [0.717, 1.165) is 32.5 Å². The summed E-state index contributed by atoms with van der Waals surface area (Å²) in [4.78, 5) is 20.8. The molecule has 0 saturated carbocycles. The van der Waals surface area contributed by atoms with Crippen molar-refractivity contribution in [1.29, 1.82) is 0 Å². The Labute approximate surface area is 157 Å². The highest BCUT2D eigenvalue weighted by Gasteiger charge is 2.14. The fourth-order valence-electron chi connectivity index (χ4n) is 2.57. The summed E-state index contributed by atoms with van der Waals surface area (Å²) in [5, 5.41) is 3.70. The van der Waals surface area contributed by atoms with E-state index >= 15 is 0 Å². The smallest absolute Gasteiger partial charge is 0.243 e. The molecule has 7 heteroatoms. The highest BCUT2D eigenvalue weighted by atomic mass is 32.1. The molecule has 0 spiro atoms. The van der Waals surface area contributed by atoms with Gasteiger partial charge in [0, 0.05) is 32.5 Å². The van der Waals surface area contributed by atoms with Gasteiger partial charge in [0.15, 0.2) is 5.13 Å². The first-order valence-electron chi connectivity index (χ1n) is 8.20. The Kier molecular flexibility index (Phi) is 5.27. The second-order valence-corrected chi connectivity index (χ2v) is 7.16. The quantitative estimate of drug-likeness (QED) is 0.720. The Bertz CT molecular complexity index is 906. The summed E-state index contributed by atoms with van der Waals surface area (Å²) in [6.07, 6.45) is 0. The van der Waals surface area contributed by atoms with E-state index in [0.29, 0.717) is 0 Å². The summed E-state index contributed by atoms with van der Waals surface area (Å²) in [6, 6.07) is 13.6. The predicted octanol–water partition coefficient (Wildman–Crippen LogP) is 3.45. The van der Waals surface area contributed by atoms with Gasteiger partial charge >= 0.3 is 0 Å². The van der Waals surface area contributed by atoms with Crippen LogP contribution in [0, 0.1) is 0 Å². The Morgan fingerprint density at radius 3 is 2.54 bits per heavy atom. The largest absolute Gasteiger partial charge is 0.494 e. The summed E-state index contributed by atoms with van der Waals surface area (Å²) in [5.41, 5.74) is 2.69. The second kappa shape index (κ2) is 7.61. The lowest BCUT2D eigenvalue weighted by Gasteiger charge is -2.16. The number of para-hydroxylation sites is 1. The number of thiazole rings is 1. The summed E-state index contributed by atoms with van der Waals surface area (Å²) in [6.45, 7) is 0.220. The van der Waals surface area contributed by atoms with Crippen molar-refractivity contribution in [2.45, 2.75) is 0 Å². The molecule has 1 heterocycles. The van der Waals surface area contributed by atoms with Crippen LogP contribution in [0.2, 0.25) is 0 Å². The standard InChI is InChI=1S/C19H22N4O2S/c1-22(2)14-10-8-13(9-11-14)20-17(24)12-23(3)19-21-18-15(25-4)6-5-7-16(18)26-19/h5-11H,12H2,1-4H3,(H,20,24). The van der Waals surface area contributed by atoms with Crippen LogP contribution in [0.5, 0.6) is 5.75 Å². The predicted molar refractivity (Wildman–Crippen MR) is 109 cm³/mol. The van der Waals surface area contributed by atoms with Crippen molar-refractivity contribution in [2.24, 2.45) is 0 Å². The summed E-state index contributed by atoms with van der Waals surface area (Å²) < 4.78 is 6.38. The number of carbonyl (C=O) groups is 1. The molecule has 0 aliphatic heterocycles. The average molecular weight is 370 g/mol. The van der Waals surface area contributed by atoms with Gasteiger partial charge in [-0.15, -0.1) is 0 Å². The number of rotatable bonds is 6. The SMILES string of the molecule is COc1cccc2sc(N(C)CC(=O)Nc3ccc(N(C)C)cc3)nc12. The number of anilines is 3. The van der Waals surface area contributed by atoms with Crippen LogP contribution in [-0.4, -0.2) is 45.7 Å². The Morgan fingerprint density at radius 2 is 1.88 bits per heavy atom. The van der Waals surface area contributed by atoms with Gasteiger partial charge in [-0.05, 0) is 36.4 Å². The lowest BCUT2D eigenvalue weighted by Crippen LogP contribution is -2.29. The average Bonchev–Trinajstić information content (AvgIpc) is 3.06. The van der Waals surface area contributed by atoms with Crippen molar-refractivity contribution in [3.8, 4) is 5.75 Å². The van der Waals surface area contributed by atoms with Gasteiger partial charge in [-0.1, -0.05) is 17.4 Å². The molecule has 0 radical (unpaired) electrons. The Hall–Kier alpha value is -2.80.